The summed E-state index contributed by atoms with van der Waals surface area (Å²) in [6.45, 7) is 3.77. The van der Waals surface area contributed by atoms with Gasteiger partial charge in [-0.25, -0.2) is 0 Å². The number of hydrogen-bond acceptors (Lipinski definition) is 5. The van der Waals surface area contributed by atoms with E-state index in [0.29, 0.717) is 24.4 Å². The topological polar surface area (TPSA) is 80.5 Å². The Balaban J connectivity index is 2.17. The smallest absolute Gasteiger partial charge is 0.271 e. The van der Waals surface area contributed by atoms with Gasteiger partial charge in [0.2, 0.25) is 5.91 Å². The van der Waals surface area contributed by atoms with Crippen molar-refractivity contribution in [3.8, 4) is 0 Å². The molecule has 21 heavy (non-hydrogen) atoms. The quantitative estimate of drug-likeness (QED) is 0.630. The van der Waals surface area contributed by atoms with Crippen LogP contribution in [0, 0.1) is 23.0 Å². The van der Waals surface area contributed by atoms with E-state index >= 15 is 0 Å². The highest BCUT2D eigenvalue weighted by molar-refractivity contribution is 8.13. The highest BCUT2D eigenvalue weighted by Crippen LogP contribution is 2.30. The van der Waals surface area contributed by atoms with E-state index in [1.54, 1.807) is 17.9 Å². The van der Waals surface area contributed by atoms with Crippen molar-refractivity contribution in [2.75, 3.05) is 17.2 Å². The molecule has 1 aromatic rings. The number of carbonyl (C=O) groups excluding carboxylic acids is 2. The van der Waals surface area contributed by atoms with Crippen LogP contribution in [-0.2, 0) is 9.59 Å². The van der Waals surface area contributed by atoms with E-state index < -0.39 is 4.92 Å². The molecule has 1 atom stereocenters. The molecule has 6 nitrogen and oxygen atoms in total. The van der Waals surface area contributed by atoms with Crippen LogP contribution in [0.4, 0.5) is 11.4 Å². The summed E-state index contributed by atoms with van der Waals surface area (Å²) in [5.41, 5.74) is 1.29. The second kappa shape index (κ2) is 6.26. The lowest BCUT2D eigenvalue weighted by Crippen LogP contribution is -2.24. The van der Waals surface area contributed by atoms with Crippen LogP contribution >= 0.6 is 11.8 Å². The minimum atomic E-state index is -0.458. The third-order valence-electron chi connectivity index (χ3n) is 3.30. The Kier molecular flexibility index (Phi) is 4.62. The summed E-state index contributed by atoms with van der Waals surface area (Å²) in [7, 11) is 0. The van der Waals surface area contributed by atoms with Crippen molar-refractivity contribution in [2.45, 2.75) is 20.3 Å². The highest BCUT2D eigenvalue weighted by Gasteiger charge is 2.31. The molecule has 1 aliphatic rings. The van der Waals surface area contributed by atoms with Gasteiger partial charge in [0.15, 0.2) is 5.12 Å². The van der Waals surface area contributed by atoms with Gasteiger partial charge in [0.1, 0.15) is 0 Å². The molecule has 0 radical (unpaired) electrons. The van der Waals surface area contributed by atoms with Crippen molar-refractivity contribution in [3.63, 3.8) is 0 Å². The third-order valence-corrected chi connectivity index (χ3v) is 4.34. The Labute approximate surface area is 126 Å². The number of benzene rings is 1. The van der Waals surface area contributed by atoms with Crippen molar-refractivity contribution < 1.29 is 14.5 Å². The molecule has 112 valence electrons. The van der Waals surface area contributed by atoms with Crippen LogP contribution in [0.3, 0.4) is 0 Å². The second-order valence-corrected chi connectivity index (χ2v) is 6.36. The first-order chi connectivity index (χ1) is 9.86. The normalized spacial score (nSPS) is 18.1. The van der Waals surface area contributed by atoms with Crippen molar-refractivity contribution >= 4 is 34.2 Å². The second-order valence-electron chi connectivity index (χ2n) is 5.16. The minimum absolute atomic E-state index is 0.0145. The number of hydrogen-bond donors (Lipinski definition) is 0. The third kappa shape index (κ3) is 3.81. The Morgan fingerprint density at radius 3 is 2.81 bits per heavy atom. The van der Waals surface area contributed by atoms with Crippen molar-refractivity contribution in [1.29, 1.82) is 0 Å². The van der Waals surface area contributed by atoms with Crippen molar-refractivity contribution in [3.05, 3.63) is 33.9 Å². The predicted molar refractivity (Wildman–Crippen MR) is 81.4 cm³/mol. The Morgan fingerprint density at radius 1 is 1.48 bits per heavy atom. The van der Waals surface area contributed by atoms with Crippen LogP contribution in [0.1, 0.15) is 18.9 Å². The molecule has 0 N–H and O–H groups in total. The molecule has 1 saturated heterocycles. The van der Waals surface area contributed by atoms with Gasteiger partial charge in [0, 0.05) is 37.8 Å². The fourth-order valence-electron chi connectivity index (χ4n) is 2.38. The first-order valence-corrected chi connectivity index (χ1v) is 7.55. The zero-order valence-electron chi connectivity index (χ0n) is 11.9. The molecule has 7 heteroatoms. The number of anilines is 1. The van der Waals surface area contributed by atoms with Gasteiger partial charge in [-0.1, -0.05) is 11.8 Å². The SMILES string of the molecule is CC(=O)SCC1CC(=O)N(c2cc(C)cc([N+](=O)[O-])c2)C1. The summed E-state index contributed by atoms with van der Waals surface area (Å²) in [5, 5.41) is 10.9. The van der Waals surface area contributed by atoms with E-state index in [1.165, 1.54) is 30.8 Å². The van der Waals surface area contributed by atoms with Crippen LogP contribution in [0.5, 0.6) is 0 Å². The van der Waals surface area contributed by atoms with Crippen molar-refractivity contribution in [2.24, 2.45) is 5.92 Å². The lowest BCUT2D eigenvalue weighted by atomic mass is 10.1. The highest BCUT2D eigenvalue weighted by atomic mass is 32.2. The summed E-state index contributed by atoms with van der Waals surface area (Å²) in [6, 6.07) is 4.67. The van der Waals surface area contributed by atoms with E-state index in [2.05, 4.69) is 0 Å². The van der Waals surface area contributed by atoms with E-state index in [4.69, 9.17) is 0 Å². The zero-order chi connectivity index (χ0) is 15.6. The maximum absolute atomic E-state index is 12.1. The van der Waals surface area contributed by atoms with Gasteiger partial charge in [0.25, 0.3) is 5.69 Å². The fraction of sp³-hybridized carbons (Fsp3) is 0.429. The number of thioether (sulfide) groups is 1. The van der Waals surface area contributed by atoms with Gasteiger partial charge < -0.3 is 4.90 Å². The van der Waals surface area contributed by atoms with Crippen LogP contribution in [0.2, 0.25) is 0 Å². The fourth-order valence-corrected chi connectivity index (χ4v) is 3.08. The van der Waals surface area contributed by atoms with Gasteiger partial charge in [-0.2, -0.15) is 0 Å². The average Bonchev–Trinajstić information content (AvgIpc) is 2.77. The number of aryl methyl sites for hydroxylation is 1. The monoisotopic (exact) mass is 308 g/mol. The Hall–Kier alpha value is -1.89. The number of rotatable bonds is 4. The molecular weight excluding hydrogens is 292 g/mol. The first kappa shape index (κ1) is 15.5. The summed E-state index contributed by atoms with van der Waals surface area (Å²) in [4.78, 5) is 35.1. The minimum Gasteiger partial charge on any atom is -0.312 e. The molecule has 0 aromatic heterocycles. The van der Waals surface area contributed by atoms with Crippen molar-refractivity contribution in [1.82, 2.24) is 0 Å². The van der Waals surface area contributed by atoms with E-state index in [1.807, 2.05) is 0 Å². The number of non-ortho nitro benzene ring substituents is 1. The van der Waals surface area contributed by atoms with Gasteiger partial charge in [0.05, 0.1) is 10.6 Å². The van der Waals surface area contributed by atoms with Gasteiger partial charge in [-0.15, -0.1) is 0 Å². The summed E-state index contributed by atoms with van der Waals surface area (Å²) in [6.07, 6.45) is 0.377. The summed E-state index contributed by atoms with van der Waals surface area (Å²) in [5.74, 6) is 0.654. The number of nitro benzene ring substituents is 1. The first-order valence-electron chi connectivity index (χ1n) is 6.56. The van der Waals surface area contributed by atoms with Crippen LogP contribution in [-0.4, -0.2) is 28.2 Å². The number of carbonyl (C=O) groups is 2. The number of nitrogens with zero attached hydrogens (tertiary/aromatic N) is 2. The largest absolute Gasteiger partial charge is 0.312 e. The standard InChI is InChI=1S/C14H16N2O4S/c1-9-3-12(6-13(4-9)16(19)20)15-7-11(5-14(15)18)8-21-10(2)17/h3-4,6,11H,5,7-8H2,1-2H3. The molecule has 1 aliphatic heterocycles. The molecular formula is C14H16N2O4S. The number of nitro groups is 1. The molecule has 1 heterocycles. The molecule has 0 spiro atoms. The van der Waals surface area contributed by atoms with Gasteiger partial charge >= 0.3 is 0 Å². The van der Waals surface area contributed by atoms with E-state index in [0.717, 1.165) is 5.56 Å². The number of amides is 1. The van der Waals surface area contributed by atoms with E-state index in [-0.39, 0.29) is 22.6 Å². The van der Waals surface area contributed by atoms with Crippen LogP contribution < -0.4 is 4.90 Å². The van der Waals surface area contributed by atoms with Gasteiger partial charge in [-0.05, 0) is 24.5 Å². The predicted octanol–water partition coefficient (Wildman–Crippen LogP) is 2.54. The zero-order valence-corrected chi connectivity index (χ0v) is 12.7. The molecule has 2 rings (SSSR count). The molecule has 1 unspecified atom stereocenters. The van der Waals surface area contributed by atoms with Crippen LogP contribution in [0.15, 0.2) is 18.2 Å². The van der Waals surface area contributed by atoms with E-state index in [9.17, 15) is 19.7 Å². The lowest BCUT2D eigenvalue weighted by molar-refractivity contribution is -0.384. The lowest BCUT2D eigenvalue weighted by Gasteiger charge is -2.17. The maximum atomic E-state index is 12.1. The van der Waals surface area contributed by atoms with Crippen LogP contribution in [0.25, 0.3) is 0 Å². The molecule has 0 bridgehead atoms. The molecule has 0 aliphatic carbocycles. The maximum Gasteiger partial charge on any atom is 0.271 e. The summed E-state index contributed by atoms with van der Waals surface area (Å²) < 4.78 is 0. The molecule has 0 saturated carbocycles. The molecule has 1 amide bonds. The van der Waals surface area contributed by atoms with Gasteiger partial charge in [-0.3, -0.25) is 19.7 Å². The molecule has 1 aromatic carbocycles. The average molecular weight is 308 g/mol. The molecule has 1 fully saturated rings. The Morgan fingerprint density at radius 2 is 2.19 bits per heavy atom. The summed E-state index contributed by atoms with van der Waals surface area (Å²) >= 11 is 1.21. The Bertz CT molecular complexity index is 603.